The second-order valence-corrected chi connectivity index (χ2v) is 7.24. The lowest BCUT2D eigenvalue weighted by Gasteiger charge is -2.20. The topological polar surface area (TPSA) is 69.7 Å². The molecule has 0 spiro atoms. The van der Waals surface area contributed by atoms with Gasteiger partial charge in [0.25, 0.3) is 0 Å². The second kappa shape index (κ2) is 8.29. The maximum absolute atomic E-state index is 14.6. The molecule has 1 aliphatic rings. The SMILES string of the molecule is Cc1cc(-c2ccc(F)cn2)c(C)cc1OCc1cccc(F)c1N1NN(C)NC1=O. The van der Waals surface area contributed by atoms with Gasteiger partial charge in [-0.3, -0.25) is 10.4 Å². The van der Waals surface area contributed by atoms with E-state index in [0.29, 0.717) is 17.0 Å². The Hall–Kier alpha value is -3.56. The first-order valence-corrected chi connectivity index (χ1v) is 9.57. The quantitative estimate of drug-likeness (QED) is 0.646. The van der Waals surface area contributed by atoms with Crippen molar-refractivity contribution in [1.82, 2.24) is 21.1 Å². The van der Waals surface area contributed by atoms with Crippen LogP contribution in [0.15, 0.2) is 48.7 Å². The number of nitrogens with one attached hydrogen (secondary N) is 2. The van der Waals surface area contributed by atoms with Crippen LogP contribution in [-0.2, 0) is 6.61 Å². The fraction of sp³-hybridized carbons (Fsp3) is 0.182. The minimum Gasteiger partial charge on any atom is -0.489 e. The van der Waals surface area contributed by atoms with Crippen molar-refractivity contribution in [1.29, 1.82) is 0 Å². The van der Waals surface area contributed by atoms with Crippen molar-refractivity contribution in [3.63, 3.8) is 0 Å². The van der Waals surface area contributed by atoms with Gasteiger partial charge in [-0.15, -0.1) is 10.7 Å². The molecule has 4 rings (SSSR count). The summed E-state index contributed by atoms with van der Waals surface area (Å²) >= 11 is 0. The van der Waals surface area contributed by atoms with E-state index in [-0.39, 0.29) is 12.3 Å². The van der Waals surface area contributed by atoms with Crippen LogP contribution < -0.4 is 20.7 Å². The largest absolute Gasteiger partial charge is 0.489 e. The number of ether oxygens (including phenoxy) is 1. The number of amides is 2. The van der Waals surface area contributed by atoms with Crippen molar-refractivity contribution in [2.75, 3.05) is 12.1 Å². The molecule has 9 heteroatoms. The van der Waals surface area contributed by atoms with E-state index in [9.17, 15) is 13.6 Å². The molecule has 0 aliphatic carbocycles. The number of nitrogens with zero attached hydrogens (tertiary/aromatic N) is 3. The maximum atomic E-state index is 14.6. The van der Waals surface area contributed by atoms with Gasteiger partial charge in [-0.05, 0) is 55.3 Å². The molecule has 0 radical (unpaired) electrons. The van der Waals surface area contributed by atoms with Crippen LogP contribution in [0.3, 0.4) is 0 Å². The number of hydrogen-bond donors (Lipinski definition) is 2. The minimum atomic E-state index is -0.551. The highest BCUT2D eigenvalue weighted by Crippen LogP contribution is 2.31. The molecule has 31 heavy (non-hydrogen) atoms. The van der Waals surface area contributed by atoms with Gasteiger partial charge in [-0.2, -0.15) is 0 Å². The zero-order valence-electron chi connectivity index (χ0n) is 17.2. The lowest BCUT2D eigenvalue weighted by atomic mass is 10.0. The summed E-state index contributed by atoms with van der Waals surface area (Å²) in [6.45, 7) is 3.85. The summed E-state index contributed by atoms with van der Waals surface area (Å²) in [4.78, 5) is 16.3. The number of benzene rings is 2. The van der Waals surface area contributed by atoms with Gasteiger partial charge in [-0.25, -0.2) is 18.6 Å². The van der Waals surface area contributed by atoms with Crippen LogP contribution in [0.2, 0.25) is 0 Å². The summed E-state index contributed by atoms with van der Waals surface area (Å²) in [7, 11) is 1.60. The van der Waals surface area contributed by atoms with Gasteiger partial charge in [0.1, 0.15) is 29.7 Å². The van der Waals surface area contributed by atoms with E-state index in [0.717, 1.165) is 21.7 Å². The molecule has 7 nitrogen and oxygen atoms in total. The number of aromatic nitrogens is 1. The number of para-hydroxylation sites is 1. The number of aryl methyl sites for hydroxylation is 2. The summed E-state index contributed by atoms with van der Waals surface area (Å²) in [6, 6.07) is 10.8. The number of pyridine rings is 1. The van der Waals surface area contributed by atoms with Gasteiger partial charge < -0.3 is 4.74 Å². The Morgan fingerprint density at radius 1 is 1.10 bits per heavy atom. The van der Waals surface area contributed by atoms with Gasteiger partial charge in [0.15, 0.2) is 0 Å². The van der Waals surface area contributed by atoms with Crippen LogP contribution in [0.25, 0.3) is 11.3 Å². The monoisotopic (exact) mass is 425 g/mol. The van der Waals surface area contributed by atoms with E-state index in [1.807, 2.05) is 26.0 Å². The van der Waals surface area contributed by atoms with Crippen molar-refractivity contribution in [3.05, 3.63) is 77.0 Å². The number of rotatable bonds is 5. The normalized spacial score (nSPS) is 14.1. The first-order chi connectivity index (χ1) is 14.8. The summed E-state index contributed by atoms with van der Waals surface area (Å²) in [6.07, 6.45) is 1.18. The molecule has 1 aliphatic heterocycles. The number of hydrazine groups is 3. The Bertz CT molecular complexity index is 1140. The third kappa shape index (κ3) is 4.18. The standard InChI is InChI=1S/C22H21F2N5O2/c1-13-10-20(14(2)9-17(13)19-8-7-16(23)11-25-19)31-12-15-5-4-6-18(24)21(15)29-22(30)26-28(3)27-29/h4-11,27H,12H2,1-3H3,(H,26,30). The van der Waals surface area contributed by atoms with E-state index >= 15 is 0 Å². The third-order valence-electron chi connectivity index (χ3n) is 4.92. The van der Waals surface area contributed by atoms with Crippen molar-refractivity contribution in [2.24, 2.45) is 0 Å². The van der Waals surface area contributed by atoms with Crippen LogP contribution in [0, 0.1) is 25.5 Å². The number of hydrogen-bond acceptors (Lipinski definition) is 5. The zero-order valence-corrected chi connectivity index (χ0v) is 17.2. The Kier molecular flexibility index (Phi) is 5.53. The van der Waals surface area contributed by atoms with Crippen LogP contribution in [0.4, 0.5) is 19.3 Å². The molecule has 2 N–H and O–H groups in total. The Morgan fingerprint density at radius 3 is 2.58 bits per heavy atom. The van der Waals surface area contributed by atoms with E-state index in [1.165, 1.54) is 23.4 Å². The highest BCUT2D eigenvalue weighted by atomic mass is 19.1. The molecular formula is C22H21F2N5O2. The van der Waals surface area contributed by atoms with Crippen molar-refractivity contribution in [3.8, 4) is 17.0 Å². The first-order valence-electron chi connectivity index (χ1n) is 9.57. The highest BCUT2D eigenvalue weighted by Gasteiger charge is 2.29. The maximum Gasteiger partial charge on any atom is 0.353 e. The van der Waals surface area contributed by atoms with Crippen molar-refractivity contribution < 1.29 is 18.3 Å². The summed E-state index contributed by atoms with van der Waals surface area (Å²) in [5, 5.41) is 2.42. The van der Waals surface area contributed by atoms with Gasteiger partial charge in [0.05, 0.1) is 11.9 Å². The molecule has 1 fully saturated rings. The number of carbonyl (C=O) groups excluding carboxylic acids is 1. The lowest BCUT2D eigenvalue weighted by molar-refractivity contribution is 0.217. The number of carbonyl (C=O) groups is 1. The smallest absolute Gasteiger partial charge is 0.353 e. The molecule has 1 aromatic heterocycles. The molecular weight excluding hydrogens is 404 g/mol. The fourth-order valence-corrected chi connectivity index (χ4v) is 3.40. The molecule has 2 amide bonds. The predicted molar refractivity (Wildman–Crippen MR) is 112 cm³/mol. The zero-order chi connectivity index (χ0) is 22.1. The lowest BCUT2D eigenvalue weighted by Crippen LogP contribution is -2.40. The molecule has 160 valence electrons. The van der Waals surface area contributed by atoms with E-state index < -0.39 is 17.7 Å². The van der Waals surface area contributed by atoms with Gasteiger partial charge >= 0.3 is 6.03 Å². The molecule has 3 aromatic rings. The van der Waals surface area contributed by atoms with Crippen LogP contribution in [0.1, 0.15) is 16.7 Å². The second-order valence-electron chi connectivity index (χ2n) is 7.24. The van der Waals surface area contributed by atoms with Crippen LogP contribution in [0.5, 0.6) is 5.75 Å². The van der Waals surface area contributed by atoms with Gasteiger partial charge in [-0.1, -0.05) is 12.1 Å². The molecule has 0 unspecified atom stereocenters. The van der Waals surface area contributed by atoms with Crippen LogP contribution >= 0.6 is 0 Å². The predicted octanol–water partition coefficient (Wildman–Crippen LogP) is 4.02. The summed E-state index contributed by atoms with van der Waals surface area (Å²) in [5.41, 5.74) is 9.11. The Balaban J connectivity index is 1.59. The van der Waals surface area contributed by atoms with E-state index in [4.69, 9.17) is 4.74 Å². The first kappa shape index (κ1) is 20.7. The Morgan fingerprint density at radius 2 is 1.90 bits per heavy atom. The van der Waals surface area contributed by atoms with E-state index in [2.05, 4.69) is 15.9 Å². The Labute approximate surface area is 178 Å². The van der Waals surface area contributed by atoms with Crippen molar-refractivity contribution >= 4 is 11.7 Å². The average Bonchev–Trinajstić information content (AvgIpc) is 3.06. The molecule has 1 saturated heterocycles. The van der Waals surface area contributed by atoms with Gasteiger partial charge in [0, 0.05) is 18.2 Å². The van der Waals surface area contributed by atoms with Crippen molar-refractivity contribution in [2.45, 2.75) is 20.5 Å². The highest BCUT2D eigenvalue weighted by molar-refractivity contribution is 5.93. The van der Waals surface area contributed by atoms with Crippen LogP contribution in [-0.4, -0.2) is 23.2 Å². The average molecular weight is 425 g/mol. The number of urea groups is 1. The van der Waals surface area contributed by atoms with Gasteiger partial charge in [0.2, 0.25) is 0 Å². The number of anilines is 1. The van der Waals surface area contributed by atoms with E-state index in [1.54, 1.807) is 25.2 Å². The molecule has 2 aromatic carbocycles. The number of halogens is 2. The third-order valence-corrected chi connectivity index (χ3v) is 4.92. The molecule has 0 atom stereocenters. The summed E-state index contributed by atoms with van der Waals surface area (Å²) < 4.78 is 33.7. The summed E-state index contributed by atoms with van der Waals surface area (Å²) in [5.74, 6) is -0.324. The minimum absolute atomic E-state index is 0.0523. The molecule has 0 saturated carbocycles. The molecule has 0 bridgehead atoms. The fourth-order valence-electron chi connectivity index (χ4n) is 3.40. The molecule has 2 heterocycles.